The largest absolute Gasteiger partial charge is 0.504 e. The first-order valence-corrected chi connectivity index (χ1v) is 6.86. The standard InChI is InChI=1S/C15H13BrN2O3/c1-21-13-8-12(16)7-11(14(13)19)9-17-18-15(20)10-5-3-2-4-6-10/h2-9,19H,1H3,(H,18,20). The molecule has 2 rings (SSSR count). The summed E-state index contributed by atoms with van der Waals surface area (Å²) >= 11 is 3.31. The fourth-order valence-corrected chi connectivity index (χ4v) is 2.12. The lowest BCUT2D eigenvalue weighted by Gasteiger charge is -2.06. The second kappa shape index (κ2) is 6.90. The summed E-state index contributed by atoms with van der Waals surface area (Å²) in [7, 11) is 1.46. The van der Waals surface area contributed by atoms with Crippen molar-refractivity contribution in [3.63, 3.8) is 0 Å². The van der Waals surface area contributed by atoms with Crippen LogP contribution in [0.2, 0.25) is 0 Å². The molecule has 0 aliphatic heterocycles. The smallest absolute Gasteiger partial charge is 0.271 e. The number of phenolic OH excluding ortho intramolecular Hbond substituents is 1. The van der Waals surface area contributed by atoms with Crippen molar-refractivity contribution in [1.82, 2.24) is 5.43 Å². The zero-order valence-electron chi connectivity index (χ0n) is 11.2. The van der Waals surface area contributed by atoms with Gasteiger partial charge in [-0.15, -0.1) is 0 Å². The Morgan fingerprint density at radius 1 is 1.33 bits per heavy atom. The maximum atomic E-state index is 11.8. The van der Waals surface area contributed by atoms with E-state index in [0.717, 1.165) is 4.47 Å². The molecule has 0 aromatic heterocycles. The Labute approximate surface area is 130 Å². The van der Waals surface area contributed by atoms with Gasteiger partial charge in [0, 0.05) is 15.6 Å². The van der Waals surface area contributed by atoms with Crippen molar-refractivity contribution in [2.24, 2.45) is 5.10 Å². The van der Waals surface area contributed by atoms with Crippen LogP contribution in [-0.4, -0.2) is 24.3 Å². The lowest BCUT2D eigenvalue weighted by molar-refractivity contribution is 0.0955. The molecule has 0 fully saturated rings. The van der Waals surface area contributed by atoms with Gasteiger partial charge in [-0.05, 0) is 24.3 Å². The van der Waals surface area contributed by atoms with E-state index in [-0.39, 0.29) is 11.7 Å². The third-order valence-corrected chi connectivity index (χ3v) is 3.15. The van der Waals surface area contributed by atoms with Gasteiger partial charge in [0.15, 0.2) is 11.5 Å². The summed E-state index contributed by atoms with van der Waals surface area (Å²) in [5.41, 5.74) is 3.33. The maximum absolute atomic E-state index is 11.8. The molecule has 0 radical (unpaired) electrons. The van der Waals surface area contributed by atoms with E-state index in [1.165, 1.54) is 13.3 Å². The molecule has 2 aromatic rings. The summed E-state index contributed by atoms with van der Waals surface area (Å²) < 4.78 is 5.76. The first-order chi connectivity index (χ1) is 10.1. The molecule has 0 aliphatic carbocycles. The minimum Gasteiger partial charge on any atom is -0.504 e. The number of hydrogen-bond acceptors (Lipinski definition) is 4. The molecular formula is C15H13BrN2O3. The molecule has 0 atom stereocenters. The average Bonchev–Trinajstić information content (AvgIpc) is 2.51. The van der Waals surface area contributed by atoms with Crippen molar-refractivity contribution in [2.75, 3.05) is 7.11 Å². The van der Waals surface area contributed by atoms with Gasteiger partial charge in [0.05, 0.1) is 13.3 Å². The zero-order chi connectivity index (χ0) is 15.2. The third kappa shape index (κ3) is 3.82. The van der Waals surface area contributed by atoms with Gasteiger partial charge in [0.25, 0.3) is 5.91 Å². The highest BCUT2D eigenvalue weighted by Crippen LogP contribution is 2.32. The van der Waals surface area contributed by atoms with E-state index < -0.39 is 0 Å². The number of aromatic hydroxyl groups is 1. The summed E-state index contributed by atoms with van der Waals surface area (Å²) in [6, 6.07) is 12.0. The number of methoxy groups -OCH3 is 1. The van der Waals surface area contributed by atoms with Crippen LogP contribution in [0.5, 0.6) is 11.5 Å². The molecule has 1 amide bonds. The van der Waals surface area contributed by atoms with Crippen LogP contribution in [-0.2, 0) is 0 Å². The minimum atomic E-state index is -0.326. The molecule has 21 heavy (non-hydrogen) atoms. The summed E-state index contributed by atoms with van der Waals surface area (Å²) in [5.74, 6) is -0.0491. The van der Waals surface area contributed by atoms with Crippen molar-refractivity contribution in [3.8, 4) is 11.5 Å². The van der Waals surface area contributed by atoms with Crippen LogP contribution in [0.15, 0.2) is 52.0 Å². The van der Waals surface area contributed by atoms with Crippen LogP contribution in [0.4, 0.5) is 0 Å². The molecule has 108 valence electrons. The van der Waals surface area contributed by atoms with Gasteiger partial charge in [-0.3, -0.25) is 4.79 Å². The monoisotopic (exact) mass is 348 g/mol. The Balaban J connectivity index is 2.12. The predicted octanol–water partition coefficient (Wildman–Crippen LogP) is 2.93. The van der Waals surface area contributed by atoms with Crippen molar-refractivity contribution >= 4 is 28.1 Å². The molecule has 0 unspecified atom stereocenters. The molecule has 6 heteroatoms. The first kappa shape index (κ1) is 15.1. The number of rotatable bonds is 4. The van der Waals surface area contributed by atoms with E-state index in [0.29, 0.717) is 16.9 Å². The van der Waals surface area contributed by atoms with E-state index >= 15 is 0 Å². The van der Waals surface area contributed by atoms with Crippen LogP contribution in [0.25, 0.3) is 0 Å². The molecular weight excluding hydrogens is 336 g/mol. The predicted molar refractivity (Wildman–Crippen MR) is 83.9 cm³/mol. The molecule has 0 bridgehead atoms. The summed E-state index contributed by atoms with van der Waals surface area (Å²) in [6.07, 6.45) is 1.35. The fourth-order valence-electron chi connectivity index (χ4n) is 1.66. The number of amides is 1. The fraction of sp³-hybridized carbons (Fsp3) is 0.0667. The molecule has 5 nitrogen and oxygen atoms in total. The lowest BCUT2D eigenvalue weighted by Crippen LogP contribution is -2.17. The number of carbonyl (C=O) groups excluding carboxylic acids is 1. The molecule has 0 heterocycles. The molecule has 2 N–H and O–H groups in total. The highest BCUT2D eigenvalue weighted by Gasteiger charge is 2.08. The second-order valence-electron chi connectivity index (χ2n) is 4.11. The molecule has 2 aromatic carbocycles. The van der Waals surface area contributed by atoms with Crippen molar-refractivity contribution < 1.29 is 14.6 Å². The number of ether oxygens (including phenoxy) is 1. The molecule has 0 spiro atoms. The van der Waals surface area contributed by atoms with Crippen molar-refractivity contribution in [2.45, 2.75) is 0 Å². The van der Waals surface area contributed by atoms with Gasteiger partial charge in [-0.2, -0.15) is 5.10 Å². The summed E-state index contributed by atoms with van der Waals surface area (Å²) in [5, 5.41) is 13.8. The van der Waals surface area contributed by atoms with Gasteiger partial charge >= 0.3 is 0 Å². The Morgan fingerprint density at radius 3 is 2.71 bits per heavy atom. The van der Waals surface area contributed by atoms with Gasteiger partial charge < -0.3 is 9.84 Å². The minimum absolute atomic E-state index is 0.0431. The SMILES string of the molecule is COc1cc(Br)cc(C=NNC(=O)c2ccccc2)c1O. The van der Waals surface area contributed by atoms with E-state index in [4.69, 9.17) is 4.74 Å². The Hall–Kier alpha value is -2.34. The summed E-state index contributed by atoms with van der Waals surface area (Å²) in [4.78, 5) is 11.8. The van der Waals surface area contributed by atoms with Crippen molar-refractivity contribution in [3.05, 3.63) is 58.1 Å². The second-order valence-corrected chi connectivity index (χ2v) is 5.03. The van der Waals surface area contributed by atoms with Crippen molar-refractivity contribution in [1.29, 1.82) is 0 Å². The Morgan fingerprint density at radius 2 is 2.05 bits per heavy atom. The maximum Gasteiger partial charge on any atom is 0.271 e. The van der Waals surface area contributed by atoms with E-state index in [1.54, 1.807) is 36.4 Å². The van der Waals surface area contributed by atoms with Crippen LogP contribution in [0.3, 0.4) is 0 Å². The van der Waals surface area contributed by atoms with Crippen LogP contribution >= 0.6 is 15.9 Å². The van der Waals surface area contributed by atoms with E-state index in [9.17, 15) is 9.90 Å². The highest BCUT2D eigenvalue weighted by molar-refractivity contribution is 9.10. The number of benzene rings is 2. The average molecular weight is 349 g/mol. The van der Waals surface area contributed by atoms with Crippen LogP contribution in [0.1, 0.15) is 15.9 Å². The Bertz CT molecular complexity index is 672. The number of halogens is 1. The lowest BCUT2D eigenvalue weighted by atomic mass is 10.2. The van der Waals surface area contributed by atoms with Gasteiger partial charge in [0.2, 0.25) is 0 Å². The quantitative estimate of drug-likeness (QED) is 0.659. The molecule has 0 aliphatic rings. The highest BCUT2D eigenvalue weighted by atomic mass is 79.9. The molecule has 0 saturated heterocycles. The third-order valence-electron chi connectivity index (χ3n) is 2.69. The Kier molecular flexibility index (Phi) is 4.94. The topological polar surface area (TPSA) is 70.9 Å². The number of hydrogen-bond donors (Lipinski definition) is 2. The first-order valence-electron chi connectivity index (χ1n) is 6.06. The summed E-state index contributed by atoms with van der Waals surface area (Å²) in [6.45, 7) is 0. The number of phenols is 1. The number of hydrazone groups is 1. The number of nitrogens with zero attached hydrogens (tertiary/aromatic N) is 1. The van der Waals surface area contributed by atoms with E-state index in [1.807, 2.05) is 6.07 Å². The zero-order valence-corrected chi connectivity index (χ0v) is 12.8. The van der Waals surface area contributed by atoms with E-state index in [2.05, 4.69) is 26.5 Å². The van der Waals surface area contributed by atoms with Crippen LogP contribution < -0.4 is 10.2 Å². The normalized spacial score (nSPS) is 10.6. The van der Waals surface area contributed by atoms with Gasteiger partial charge in [-0.1, -0.05) is 34.1 Å². The number of carbonyl (C=O) groups is 1. The molecule has 0 saturated carbocycles. The van der Waals surface area contributed by atoms with Crippen LogP contribution in [0, 0.1) is 0 Å². The number of nitrogens with one attached hydrogen (secondary N) is 1. The van der Waals surface area contributed by atoms with Gasteiger partial charge in [0.1, 0.15) is 0 Å². The van der Waals surface area contributed by atoms with Gasteiger partial charge in [-0.25, -0.2) is 5.43 Å².